The number of carbonyl (C=O) groups excluding carboxylic acids is 1. The summed E-state index contributed by atoms with van der Waals surface area (Å²) in [7, 11) is 0. The van der Waals surface area contributed by atoms with Crippen molar-refractivity contribution in [1.29, 1.82) is 0 Å². The van der Waals surface area contributed by atoms with Crippen LogP contribution in [0.1, 0.15) is 71.9 Å². The van der Waals surface area contributed by atoms with E-state index in [4.69, 9.17) is 9.72 Å². The number of imidazole rings is 1. The highest BCUT2D eigenvalue weighted by atomic mass is 16.5. The Hall–Kier alpha value is -3.93. The Bertz CT molecular complexity index is 1450. The Morgan fingerprint density at radius 1 is 1.03 bits per heavy atom. The highest BCUT2D eigenvalue weighted by molar-refractivity contribution is 5.97. The van der Waals surface area contributed by atoms with Crippen LogP contribution in [0.4, 0.5) is 0 Å². The van der Waals surface area contributed by atoms with Crippen molar-refractivity contribution < 1.29 is 19.4 Å². The molecule has 0 spiro atoms. The molecule has 37 heavy (non-hydrogen) atoms. The van der Waals surface area contributed by atoms with Crippen LogP contribution in [0.2, 0.25) is 0 Å². The molecule has 1 fully saturated rings. The first kappa shape index (κ1) is 24.8. The number of rotatable bonds is 7. The first-order valence-electron chi connectivity index (χ1n) is 13.0. The number of hydrogen-bond acceptors (Lipinski definition) is 4. The van der Waals surface area contributed by atoms with Crippen molar-refractivity contribution in [2.75, 3.05) is 0 Å². The molecule has 6 nitrogen and oxygen atoms in total. The number of carboxylic acids is 1. The first-order chi connectivity index (χ1) is 17.9. The van der Waals surface area contributed by atoms with Gasteiger partial charge in [0.05, 0.1) is 22.4 Å². The number of hydrogen-bond donors (Lipinski definition) is 1. The summed E-state index contributed by atoms with van der Waals surface area (Å²) < 4.78 is 8.00. The van der Waals surface area contributed by atoms with E-state index in [1.54, 1.807) is 6.07 Å². The van der Waals surface area contributed by atoms with Crippen molar-refractivity contribution in [3.8, 4) is 11.1 Å². The first-order valence-corrected chi connectivity index (χ1v) is 13.0. The van der Waals surface area contributed by atoms with Crippen LogP contribution in [-0.4, -0.2) is 26.4 Å². The van der Waals surface area contributed by atoms with Gasteiger partial charge in [-0.05, 0) is 60.6 Å². The van der Waals surface area contributed by atoms with E-state index in [0.29, 0.717) is 18.4 Å². The number of aromatic nitrogens is 2. The lowest BCUT2D eigenvalue weighted by Crippen LogP contribution is -2.39. The van der Waals surface area contributed by atoms with E-state index in [1.165, 1.54) is 0 Å². The van der Waals surface area contributed by atoms with Gasteiger partial charge in [0.25, 0.3) is 0 Å². The number of benzene rings is 2. The number of fused-ring (bicyclic) bond motifs is 1. The fourth-order valence-corrected chi connectivity index (χ4v) is 5.52. The summed E-state index contributed by atoms with van der Waals surface area (Å²) in [6.07, 6.45) is 6.96. The molecule has 1 aliphatic rings. The van der Waals surface area contributed by atoms with Crippen molar-refractivity contribution in [2.24, 2.45) is 0 Å². The van der Waals surface area contributed by atoms with Gasteiger partial charge in [0.1, 0.15) is 12.3 Å². The molecule has 0 saturated heterocycles. The minimum Gasteiger partial charge on any atom is -0.478 e. The molecule has 4 aromatic rings. The second-order valence-electron chi connectivity index (χ2n) is 9.94. The molecule has 0 unspecified atom stereocenters. The number of carbonyl (C=O) groups is 2. The van der Waals surface area contributed by atoms with Gasteiger partial charge in [-0.15, -0.1) is 0 Å². The number of carboxylic acid groups (broad SMARTS) is 1. The van der Waals surface area contributed by atoms with Gasteiger partial charge < -0.3 is 14.2 Å². The van der Waals surface area contributed by atoms with Crippen LogP contribution in [-0.2, 0) is 28.0 Å². The molecule has 1 N–H and O–H groups in total. The van der Waals surface area contributed by atoms with Crippen LogP contribution in [0.3, 0.4) is 0 Å². The lowest BCUT2D eigenvalue weighted by atomic mass is 9.69. The molecule has 5 rings (SSSR count). The van der Waals surface area contributed by atoms with Crippen LogP contribution in [0, 0.1) is 6.92 Å². The maximum absolute atomic E-state index is 13.8. The van der Waals surface area contributed by atoms with Crippen LogP contribution in [0.15, 0.2) is 66.9 Å². The average molecular weight is 497 g/mol. The number of aromatic carboxylic acids is 1. The van der Waals surface area contributed by atoms with Gasteiger partial charge in [0.15, 0.2) is 0 Å². The lowest BCUT2D eigenvalue weighted by molar-refractivity contribution is -0.153. The normalized spacial score (nSPS) is 15.0. The quantitative estimate of drug-likeness (QED) is 0.295. The van der Waals surface area contributed by atoms with Gasteiger partial charge in [-0.3, -0.25) is 4.79 Å². The van der Waals surface area contributed by atoms with Crippen molar-refractivity contribution >= 4 is 17.6 Å². The highest BCUT2D eigenvalue weighted by Crippen LogP contribution is 2.42. The summed E-state index contributed by atoms with van der Waals surface area (Å²) in [4.78, 5) is 30.8. The lowest BCUT2D eigenvalue weighted by Gasteiger charge is -2.35. The Kier molecular flexibility index (Phi) is 6.83. The monoisotopic (exact) mass is 496 g/mol. The molecule has 0 radical (unpaired) electrons. The minimum atomic E-state index is -1.01. The molecule has 6 heteroatoms. The van der Waals surface area contributed by atoms with Gasteiger partial charge >= 0.3 is 11.9 Å². The number of esters is 1. The van der Waals surface area contributed by atoms with Gasteiger partial charge in [0.2, 0.25) is 0 Å². The fraction of sp³-hybridized carbons (Fsp3) is 0.323. The highest BCUT2D eigenvalue weighted by Gasteiger charge is 2.43. The van der Waals surface area contributed by atoms with Crippen LogP contribution < -0.4 is 0 Å². The fourth-order valence-electron chi connectivity index (χ4n) is 5.52. The zero-order valence-corrected chi connectivity index (χ0v) is 21.4. The summed E-state index contributed by atoms with van der Waals surface area (Å²) in [5.41, 5.74) is 5.34. The number of ether oxygens (including phenoxy) is 1. The summed E-state index contributed by atoms with van der Waals surface area (Å²) in [6.45, 7) is 4.22. The third-order valence-electron chi connectivity index (χ3n) is 7.64. The average Bonchev–Trinajstić information content (AvgIpc) is 3.39. The summed E-state index contributed by atoms with van der Waals surface area (Å²) in [5, 5.41) is 10.0. The van der Waals surface area contributed by atoms with Crippen LogP contribution in [0.25, 0.3) is 16.8 Å². The van der Waals surface area contributed by atoms with E-state index >= 15 is 0 Å². The van der Waals surface area contributed by atoms with Gasteiger partial charge in [-0.1, -0.05) is 74.7 Å². The van der Waals surface area contributed by atoms with Crippen molar-refractivity contribution in [2.45, 2.75) is 64.4 Å². The Labute approximate surface area is 216 Å². The summed E-state index contributed by atoms with van der Waals surface area (Å²) in [6, 6.07) is 18.9. The SMILES string of the molecule is CCc1cn2c(COC(=O)C3(c4ccc(-c5ccccc5)c(C(=O)O)c4)CCCCC3)ccc(C)c2n1. The molecule has 0 amide bonds. The van der Waals surface area contributed by atoms with Gasteiger partial charge in [0, 0.05) is 6.20 Å². The van der Waals surface area contributed by atoms with E-state index in [1.807, 2.05) is 72.1 Å². The second-order valence-corrected chi connectivity index (χ2v) is 9.94. The van der Waals surface area contributed by atoms with E-state index in [2.05, 4.69) is 6.92 Å². The van der Waals surface area contributed by atoms with Crippen molar-refractivity contribution in [3.05, 3.63) is 94.9 Å². The third kappa shape index (κ3) is 4.64. The third-order valence-corrected chi connectivity index (χ3v) is 7.64. The molecule has 1 aliphatic carbocycles. The van der Waals surface area contributed by atoms with E-state index in [9.17, 15) is 14.7 Å². The molecule has 0 atom stereocenters. The molecule has 1 saturated carbocycles. The van der Waals surface area contributed by atoms with Gasteiger partial charge in [-0.25, -0.2) is 9.78 Å². The predicted octanol–water partition coefficient (Wildman–Crippen LogP) is 6.52. The molecule has 2 aromatic carbocycles. The molecule has 0 bridgehead atoms. The van der Waals surface area contributed by atoms with E-state index in [0.717, 1.165) is 59.4 Å². The van der Waals surface area contributed by atoms with Crippen LogP contribution in [0.5, 0.6) is 0 Å². The standard InChI is InChI=1S/C31H32N2O4/c1-3-24-19-33-25(14-12-21(2)28(33)32-24)20-37-30(36)31(16-8-5-9-17-31)23-13-15-26(27(18-23)29(34)35)22-10-6-4-7-11-22/h4,6-7,10-15,18-19H,3,5,8-9,16-17,20H2,1-2H3,(H,34,35). The van der Waals surface area contributed by atoms with E-state index in [-0.39, 0.29) is 18.1 Å². The molecular formula is C31H32N2O4. The Balaban J connectivity index is 1.48. The molecule has 2 aromatic heterocycles. The molecule has 0 aliphatic heterocycles. The number of aryl methyl sites for hydroxylation is 2. The van der Waals surface area contributed by atoms with Crippen molar-refractivity contribution in [1.82, 2.24) is 9.38 Å². The zero-order chi connectivity index (χ0) is 26.0. The maximum atomic E-state index is 13.8. The topological polar surface area (TPSA) is 80.9 Å². The maximum Gasteiger partial charge on any atom is 0.336 e. The van der Waals surface area contributed by atoms with E-state index < -0.39 is 11.4 Å². The van der Waals surface area contributed by atoms with Crippen LogP contribution >= 0.6 is 0 Å². The molecule has 190 valence electrons. The second kappa shape index (κ2) is 10.2. The van der Waals surface area contributed by atoms with Crippen molar-refractivity contribution in [3.63, 3.8) is 0 Å². The number of pyridine rings is 1. The largest absolute Gasteiger partial charge is 0.478 e. The summed E-state index contributed by atoms with van der Waals surface area (Å²) in [5.74, 6) is -1.30. The number of nitrogens with zero attached hydrogens (tertiary/aromatic N) is 2. The zero-order valence-electron chi connectivity index (χ0n) is 21.4. The predicted molar refractivity (Wildman–Crippen MR) is 143 cm³/mol. The summed E-state index contributed by atoms with van der Waals surface area (Å²) >= 11 is 0. The molecular weight excluding hydrogens is 464 g/mol. The van der Waals surface area contributed by atoms with Gasteiger partial charge in [-0.2, -0.15) is 0 Å². The smallest absolute Gasteiger partial charge is 0.336 e. The minimum absolute atomic E-state index is 0.130. The Morgan fingerprint density at radius 2 is 1.78 bits per heavy atom. The molecule has 2 heterocycles. The Morgan fingerprint density at radius 3 is 2.49 bits per heavy atom.